The van der Waals surface area contributed by atoms with Gasteiger partial charge in [-0.15, -0.1) is 0 Å². The third-order valence-corrected chi connectivity index (χ3v) is 8.18. The summed E-state index contributed by atoms with van der Waals surface area (Å²) in [5.74, 6) is 0. The minimum atomic E-state index is 1.11. The predicted molar refractivity (Wildman–Crippen MR) is 178 cm³/mol. The Bertz CT molecular complexity index is 2130. The SMILES string of the molecule is c1ccc(-c2ccc(N(c3ccccc3-n3c4ccccc4c4ccccc43)c3cccc4ccccc34)cc2)cc1. The third-order valence-electron chi connectivity index (χ3n) is 8.18. The second-order valence-electron chi connectivity index (χ2n) is 10.6. The van der Waals surface area contributed by atoms with E-state index in [1.165, 1.54) is 43.7 Å². The fourth-order valence-electron chi connectivity index (χ4n) is 6.27. The molecule has 0 atom stereocenters. The Morgan fingerprint density at radius 3 is 1.62 bits per heavy atom. The van der Waals surface area contributed by atoms with Gasteiger partial charge in [-0.25, -0.2) is 0 Å². The van der Waals surface area contributed by atoms with Gasteiger partial charge < -0.3 is 9.47 Å². The van der Waals surface area contributed by atoms with E-state index in [1.54, 1.807) is 0 Å². The second kappa shape index (κ2) is 10.1. The molecule has 198 valence electrons. The van der Waals surface area contributed by atoms with E-state index >= 15 is 0 Å². The lowest BCUT2D eigenvalue weighted by atomic mass is 10.0. The van der Waals surface area contributed by atoms with Gasteiger partial charge in [0, 0.05) is 21.8 Å². The highest BCUT2D eigenvalue weighted by molar-refractivity contribution is 6.10. The monoisotopic (exact) mass is 536 g/mol. The van der Waals surface area contributed by atoms with Gasteiger partial charge in [0.1, 0.15) is 0 Å². The Balaban J connectivity index is 1.40. The molecule has 7 aromatic carbocycles. The molecule has 2 nitrogen and oxygen atoms in total. The maximum atomic E-state index is 2.41. The topological polar surface area (TPSA) is 8.17 Å². The van der Waals surface area contributed by atoms with Crippen molar-refractivity contribution in [3.8, 4) is 16.8 Å². The lowest BCUT2D eigenvalue weighted by Gasteiger charge is -2.29. The molecule has 8 aromatic rings. The summed E-state index contributed by atoms with van der Waals surface area (Å²) in [5, 5.41) is 4.94. The molecule has 1 aromatic heterocycles. The quantitative estimate of drug-likeness (QED) is 0.212. The number of hydrogen-bond acceptors (Lipinski definition) is 1. The van der Waals surface area contributed by atoms with Crippen LogP contribution in [-0.4, -0.2) is 4.57 Å². The average molecular weight is 537 g/mol. The first-order valence-electron chi connectivity index (χ1n) is 14.4. The van der Waals surface area contributed by atoms with E-state index < -0.39 is 0 Å². The molecule has 42 heavy (non-hydrogen) atoms. The summed E-state index contributed by atoms with van der Waals surface area (Å²) in [6.07, 6.45) is 0. The first-order valence-corrected chi connectivity index (χ1v) is 14.4. The first-order chi connectivity index (χ1) is 20.9. The van der Waals surface area contributed by atoms with Gasteiger partial charge in [-0.2, -0.15) is 0 Å². The number of benzene rings is 7. The van der Waals surface area contributed by atoms with E-state index in [9.17, 15) is 0 Å². The number of hydrogen-bond donors (Lipinski definition) is 0. The van der Waals surface area contributed by atoms with Crippen molar-refractivity contribution in [2.45, 2.75) is 0 Å². The summed E-state index contributed by atoms with van der Waals surface area (Å²) in [5.41, 5.74) is 9.32. The summed E-state index contributed by atoms with van der Waals surface area (Å²) in [4.78, 5) is 2.41. The average Bonchev–Trinajstić information content (AvgIpc) is 3.40. The number of aromatic nitrogens is 1. The van der Waals surface area contributed by atoms with E-state index in [-0.39, 0.29) is 0 Å². The molecule has 0 aliphatic rings. The van der Waals surface area contributed by atoms with E-state index in [0.29, 0.717) is 0 Å². The van der Waals surface area contributed by atoms with Crippen molar-refractivity contribution in [2.24, 2.45) is 0 Å². The highest BCUT2D eigenvalue weighted by atomic mass is 15.2. The highest BCUT2D eigenvalue weighted by Crippen LogP contribution is 2.43. The Hall–Kier alpha value is -5.60. The minimum absolute atomic E-state index is 1.11. The molecule has 0 bridgehead atoms. The molecule has 0 N–H and O–H groups in total. The van der Waals surface area contributed by atoms with E-state index in [4.69, 9.17) is 0 Å². The molecule has 0 amide bonds. The number of para-hydroxylation sites is 4. The van der Waals surface area contributed by atoms with Crippen molar-refractivity contribution >= 4 is 49.6 Å². The molecular formula is C40H28N2. The molecule has 0 radical (unpaired) electrons. The number of rotatable bonds is 5. The van der Waals surface area contributed by atoms with Crippen LogP contribution in [0.4, 0.5) is 17.1 Å². The zero-order valence-electron chi connectivity index (χ0n) is 23.1. The largest absolute Gasteiger partial charge is 0.308 e. The molecule has 1 heterocycles. The summed E-state index contributed by atoms with van der Waals surface area (Å²) in [6.45, 7) is 0. The maximum absolute atomic E-state index is 2.41. The number of fused-ring (bicyclic) bond motifs is 4. The Morgan fingerprint density at radius 1 is 0.357 bits per heavy atom. The zero-order chi connectivity index (χ0) is 27.9. The van der Waals surface area contributed by atoms with Crippen LogP contribution in [0.3, 0.4) is 0 Å². The van der Waals surface area contributed by atoms with Crippen LogP contribution in [0.25, 0.3) is 49.4 Å². The molecule has 0 fully saturated rings. The van der Waals surface area contributed by atoms with Gasteiger partial charge in [-0.3, -0.25) is 0 Å². The van der Waals surface area contributed by atoms with Crippen molar-refractivity contribution in [3.63, 3.8) is 0 Å². The molecule has 0 spiro atoms. The van der Waals surface area contributed by atoms with Crippen molar-refractivity contribution in [1.29, 1.82) is 0 Å². The van der Waals surface area contributed by atoms with Crippen LogP contribution in [-0.2, 0) is 0 Å². The van der Waals surface area contributed by atoms with E-state index in [0.717, 1.165) is 22.7 Å². The second-order valence-corrected chi connectivity index (χ2v) is 10.6. The van der Waals surface area contributed by atoms with Crippen molar-refractivity contribution in [1.82, 2.24) is 4.57 Å². The number of nitrogens with zero attached hydrogens (tertiary/aromatic N) is 2. The molecule has 0 saturated carbocycles. The van der Waals surface area contributed by atoms with Gasteiger partial charge in [0.05, 0.1) is 28.1 Å². The smallest absolute Gasteiger partial charge is 0.0702 e. The molecule has 0 aliphatic carbocycles. The highest BCUT2D eigenvalue weighted by Gasteiger charge is 2.21. The van der Waals surface area contributed by atoms with Gasteiger partial charge in [0.15, 0.2) is 0 Å². The first kappa shape index (κ1) is 24.2. The fraction of sp³-hybridized carbons (Fsp3) is 0. The van der Waals surface area contributed by atoms with Gasteiger partial charge in [-0.1, -0.05) is 127 Å². The van der Waals surface area contributed by atoms with Crippen molar-refractivity contribution in [3.05, 3.63) is 170 Å². The standard InChI is InChI=1S/C40H28N2/c1-2-13-29(14-3-1)30-25-27-32(28-26-30)41(36-24-12-16-31-15-4-5-17-33(31)36)39-22-10-11-23-40(39)42-37-20-8-6-18-34(37)35-19-7-9-21-38(35)42/h1-28H. The normalized spacial score (nSPS) is 11.3. The Morgan fingerprint density at radius 2 is 0.881 bits per heavy atom. The summed E-state index contributed by atoms with van der Waals surface area (Å²) in [7, 11) is 0. The Labute approximate surface area is 245 Å². The van der Waals surface area contributed by atoms with Crippen molar-refractivity contribution in [2.75, 3.05) is 4.90 Å². The lowest BCUT2D eigenvalue weighted by Crippen LogP contribution is -2.13. The van der Waals surface area contributed by atoms with Gasteiger partial charge in [-0.05, 0) is 59.0 Å². The zero-order valence-corrected chi connectivity index (χ0v) is 23.1. The molecular weight excluding hydrogens is 508 g/mol. The third kappa shape index (κ3) is 3.96. The summed E-state index contributed by atoms with van der Waals surface area (Å²) < 4.78 is 2.41. The predicted octanol–water partition coefficient (Wildman–Crippen LogP) is 11.1. The molecule has 0 aliphatic heterocycles. The minimum Gasteiger partial charge on any atom is -0.308 e. The maximum Gasteiger partial charge on any atom is 0.0702 e. The Kier molecular flexibility index (Phi) is 5.82. The van der Waals surface area contributed by atoms with E-state index in [2.05, 4.69) is 179 Å². The fourth-order valence-corrected chi connectivity index (χ4v) is 6.27. The lowest BCUT2D eigenvalue weighted by molar-refractivity contribution is 1.15. The van der Waals surface area contributed by atoms with Crippen LogP contribution in [0, 0.1) is 0 Å². The van der Waals surface area contributed by atoms with Gasteiger partial charge >= 0.3 is 0 Å². The molecule has 0 saturated heterocycles. The molecule has 2 heteroatoms. The van der Waals surface area contributed by atoms with Crippen LogP contribution in [0.1, 0.15) is 0 Å². The van der Waals surface area contributed by atoms with Gasteiger partial charge in [0.2, 0.25) is 0 Å². The van der Waals surface area contributed by atoms with Crippen LogP contribution >= 0.6 is 0 Å². The van der Waals surface area contributed by atoms with Crippen molar-refractivity contribution < 1.29 is 0 Å². The van der Waals surface area contributed by atoms with Crippen LogP contribution in [0.5, 0.6) is 0 Å². The van der Waals surface area contributed by atoms with E-state index in [1.807, 2.05) is 0 Å². The van der Waals surface area contributed by atoms with Crippen LogP contribution < -0.4 is 4.90 Å². The van der Waals surface area contributed by atoms with Crippen LogP contribution in [0.2, 0.25) is 0 Å². The van der Waals surface area contributed by atoms with Crippen LogP contribution in [0.15, 0.2) is 170 Å². The summed E-state index contributed by atoms with van der Waals surface area (Å²) in [6, 6.07) is 60.9. The summed E-state index contributed by atoms with van der Waals surface area (Å²) >= 11 is 0. The molecule has 8 rings (SSSR count). The number of anilines is 3. The molecule has 0 unspecified atom stereocenters. The van der Waals surface area contributed by atoms with Gasteiger partial charge in [0.25, 0.3) is 0 Å².